The van der Waals surface area contributed by atoms with Crippen LogP contribution in [-0.2, 0) is 9.59 Å². The number of ether oxygens (including phenoxy) is 1. The van der Waals surface area contributed by atoms with Gasteiger partial charge in [0.15, 0.2) is 0 Å². The second kappa shape index (κ2) is 6.60. The zero-order valence-electron chi connectivity index (χ0n) is 15.1. The Labute approximate surface area is 154 Å². The Kier molecular flexibility index (Phi) is 4.41. The number of hydrogen-bond donors (Lipinski definition) is 2. The molecule has 5 rings (SSSR count). The van der Waals surface area contributed by atoms with Crippen molar-refractivity contribution in [2.24, 2.45) is 17.3 Å². The standard InChI is InChI=1S/C21H27NO4/c23-18(7-4-8-26-17-5-2-1-3-6-17)22-21-12-15-9-16(13-21)11-20(10-15,14-21)19(24)25/h1-3,5-6,15-16H,4,7-14H2,(H,22,23)(H,24,25). The summed E-state index contributed by atoms with van der Waals surface area (Å²) < 4.78 is 5.64. The topological polar surface area (TPSA) is 75.6 Å². The van der Waals surface area contributed by atoms with Gasteiger partial charge in [0.1, 0.15) is 5.75 Å². The molecule has 4 aliphatic rings. The fourth-order valence-corrected chi connectivity index (χ4v) is 5.96. The molecule has 0 aliphatic heterocycles. The van der Waals surface area contributed by atoms with Crippen LogP contribution in [0.4, 0.5) is 0 Å². The molecule has 4 aliphatic carbocycles. The second-order valence-electron chi connectivity index (χ2n) is 8.64. The van der Waals surface area contributed by atoms with Crippen LogP contribution in [0.15, 0.2) is 30.3 Å². The monoisotopic (exact) mass is 357 g/mol. The van der Waals surface area contributed by atoms with E-state index in [9.17, 15) is 14.7 Å². The van der Waals surface area contributed by atoms with Crippen LogP contribution in [0.5, 0.6) is 5.75 Å². The number of benzene rings is 1. The first-order valence-electron chi connectivity index (χ1n) is 9.71. The molecular weight excluding hydrogens is 330 g/mol. The summed E-state index contributed by atoms with van der Waals surface area (Å²) in [5, 5.41) is 13.0. The van der Waals surface area contributed by atoms with Crippen molar-refractivity contribution < 1.29 is 19.4 Å². The van der Waals surface area contributed by atoms with Crippen molar-refractivity contribution in [1.82, 2.24) is 5.32 Å². The summed E-state index contributed by atoms with van der Waals surface area (Å²) in [6.07, 6.45) is 6.31. The molecule has 0 radical (unpaired) electrons. The van der Waals surface area contributed by atoms with Gasteiger partial charge in [-0.3, -0.25) is 9.59 Å². The SMILES string of the molecule is O=C(CCCOc1ccccc1)NC12CC3CC(C1)CC(C(=O)O)(C3)C2. The van der Waals surface area contributed by atoms with Gasteiger partial charge in [-0.25, -0.2) is 0 Å². The largest absolute Gasteiger partial charge is 0.494 e. The predicted octanol–water partition coefficient (Wildman–Crippen LogP) is 3.39. The first kappa shape index (κ1) is 17.4. The van der Waals surface area contributed by atoms with Crippen molar-refractivity contribution in [2.75, 3.05) is 6.61 Å². The molecule has 2 unspecified atom stereocenters. The van der Waals surface area contributed by atoms with Gasteiger partial charge in [0.25, 0.3) is 0 Å². The molecule has 2 atom stereocenters. The lowest BCUT2D eigenvalue weighted by Crippen LogP contribution is -2.64. The van der Waals surface area contributed by atoms with Gasteiger partial charge < -0.3 is 15.2 Å². The Morgan fingerprint density at radius 1 is 1.12 bits per heavy atom. The summed E-state index contributed by atoms with van der Waals surface area (Å²) in [4.78, 5) is 24.4. The molecule has 0 heterocycles. The van der Waals surface area contributed by atoms with Crippen LogP contribution in [0.1, 0.15) is 51.4 Å². The number of carboxylic acids is 1. The zero-order chi connectivity index (χ0) is 18.2. The molecule has 2 N–H and O–H groups in total. The van der Waals surface area contributed by atoms with Gasteiger partial charge >= 0.3 is 5.97 Å². The van der Waals surface area contributed by atoms with E-state index in [0.29, 0.717) is 37.7 Å². The van der Waals surface area contributed by atoms with Crippen LogP contribution < -0.4 is 10.1 Å². The highest BCUT2D eigenvalue weighted by Crippen LogP contribution is 2.61. The third-order valence-corrected chi connectivity index (χ3v) is 6.48. The minimum absolute atomic E-state index is 0.0316. The van der Waals surface area contributed by atoms with Crippen LogP contribution in [0.3, 0.4) is 0 Å². The number of carbonyl (C=O) groups is 2. The summed E-state index contributed by atoms with van der Waals surface area (Å²) in [7, 11) is 0. The first-order chi connectivity index (χ1) is 12.5. The third kappa shape index (κ3) is 3.31. The molecule has 26 heavy (non-hydrogen) atoms. The first-order valence-corrected chi connectivity index (χ1v) is 9.71. The Balaban J connectivity index is 1.31. The molecule has 5 heteroatoms. The number of carboxylic acid groups (broad SMARTS) is 1. The van der Waals surface area contributed by atoms with Crippen molar-refractivity contribution in [3.63, 3.8) is 0 Å². The number of para-hydroxylation sites is 1. The van der Waals surface area contributed by atoms with Gasteiger partial charge in [-0.15, -0.1) is 0 Å². The van der Waals surface area contributed by atoms with E-state index < -0.39 is 11.4 Å². The highest BCUT2D eigenvalue weighted by atomic mass is 16.5. The summed E-state index contributed by atoms with van der Waals surface area (Å²) in [5.41, 5.74) is -0.895. The Morgan fingerprint density at radius 3 is 2.46 bits per heavy atom. The van der Waals surface area contributed by atoms with Crippen LogP contribution in [0.2, 0.25) is 0 Å². The highest BCUT2D eigenvalue weighted by Gasteiger charge is 2.61. The Morgan fingerprint density at radius 2 is 1.81 bits per heavy atom. The number of aliphatic carboxylic acids is 1. The maximum absolute atomic E-state index is 12.5. The molecule has 4 bridgehead atoms. The van der Waals surface area contributed by atoms with Crippen LogP contribution in [-0.4, -0.2) is 29.1 Å². The van der Waals surface area contributed by atoms with E-state index in [1.165, 1.54) is 0 Å². The minimum atomic E-state index is -0.665. The summed E-state index contributed by atoms with van der Waals surface area (Å²) >= 11 is 0. The van der Waals surface area contributed by atoms with E-state index in [4.69, 9.17) is 4.74 Å². The molecule has 1 amide bonds. The van der Waals surface area contributed by atoms with Crippen molar-refractivity contribution in [3.05, 3.63) is 30.3 Å². The van der Waals surface area contributed by atoms with Gasteiger partial charge in [-0.1, -0.05) is 18.2 Å². The van der Waals surface area contributed by atoms with E-state index in [2.05, 4.69) is 5.32 Å². The molecule has 4 saturated carbocycles. The average molecular weight is 357 g/mol. The van der Waals surface area contributed by atoms with Gasteiger partial charge in [0.2, 0.25) is 5.91 Å². The molecule has 4 fully saturated rings. The summed E-state index contributed by atoms with van der Waals surface area (Å²) in [6.45, 7) is 0.509. The fourth-order valence-electron chi connectivity index (χ4n) is 5.96. The maximum Gasteiger partial charge on any atom is 0.309 e. The smallest absolute Gasteiger partial charge is 0.309 e. The molecule has 0 aromatic heterocycles. The average Bonchev–Trinajstić information content (AvgIpc) is 2.58. The van der Waals surface area contributed by atoms with E-state index in [-0.39, 0.29) is 11.4 Å². The summed E-state index contributed by atoms with van der Waals surface area (Å²) in [5.74, 6) is 1.09. The quantitative estimate of drug-likeness (QED) is 0.734. The van der Waals surface area contributed by atoms with E-state index in [1.54, 1.807) is 0 Å². The van der Waals surface area contributed by atoms with Crippen molar-refractivity contribution in [3.8, 4) is 5.75 Å². The molecule has 5 nitrogen and oxygen atoms in total. The van der Waals surface area contributed by atoms with Gasteiger partial charge in [-0.2, -0.15) is 0 Å². The Hall–Kier alpha value is -2.04. The van der Waals surface area contributed by atoms with Crippen molar-refractivity contribution in [2.45, 2.75) is 56.9 Å². The second-order valence-corrected chi connectivity index (χ2v) is 8.64. The minimum Gasteiger partial charge on any atom is -0.494 e. The van der Waals surface area contributed by atoms with E-state index in [1.807, 2.05) is 30.3 Å². The number of nitrogens with one attached hydrogen (secondary N) is 1. The van der Waals surface area contributed by atoms with Gasteiger partial charge in [0, 0.05) is 12.0 Å². The normalized spacial score (nSPS) is 34.5. The lowest BCUT2D eigenvalue weighted by Gasteiger charge is -2.60. The molecule has 0 saturated heterocycles. The Bertz CT molecular complexity index is 673. The van der Waals surface area contributed by atoms with Gasteiger partial charge in [-0.05, 0) is 68.9 Å². The third-order valence-electron chi connectivity index (χ3n) is 6.48. The van der Waals surface area contributed by atoms with Crippen molar-refractivity contribution in [1.29, 1.82) is 0 Å². The summed E-state index contributed by atoms with van der Waals surface area (Å²) in [6, 6.07) is 9.60. The van der Waals surface area contributed by atoms with Crippen LogP contribution in [0.25, 0.3) is 0 Å². The molecule has 140 valence electrons. The lowest BCUT2D eigenvalue weighted by molar-refractivity contribution is -0.169. The molecule has 1 aromatic carbocycles. The fraction of sp³-hybridized carbons (Fsp3) is 0.619. The lowest BCUT2D eigenvalue weighted by atomic mass is 9.47. The van der Waals surface area contributed by atoms with E-state index >= 15 is 0 Å². The number of rotatable bonds is 7. The predicted molar refractivity (Wildman–Crippen MR) is 96.8 cm³/mol. The number of hydrogen-bond acceptors (Lipinski definition) is 3. The van der Waals surface area contributed by atoms with Crippen LogP contribution in [0, 0.1) is 17.3 Å². The zero-order valence-corrected chi connectivity index (χ0v) is 15.1. The van der Waals surface area contributed by atoms with Crippen LogP contribution >= 0.6 is 0 Å². The van der Waals surface area contributed by atoms with Crippen molar-refractivity contribution >= 4 is 11.9 Å². The number of amides is 1. The molecule has 0 spiro atoms. The molecular formula is C21H27NO4. The highest BCUT2D eigenvalue weighted by molar-refractivity contribution is 5.78. The maximum atomic E-state index is 12.5. The van der Waals surface area contributed by atoms with E-state index in [0.717, 1.165) is 37.9 Å². The van der Waals surface area contributed by atoms with Gasteiger partial charge in [0.05, 0.1) is 12.0 Å². The number of carbonyl (C=O) groups excluding carboxylic acids is 1. The molecule has 1 aromatic rings.